The van der Waals surface area contributed by atoms with Gasteiger partial charge < -0.3 is 0 Å². The van der Waals surface area contributed by atoms with E-state index in [9.17, 15) is 13.2 Å². The van der Waals surface area contributed by atoms with Crippen molar-refractivity contribution in [2.45, 2.75) is 12.1 Å². The van der Waals surface area contributed by atoms with E-state index in [1.54, 1.807) is 0 Å². The van der Waals surface area contributed by atoms with E-state index in [0.717, 1.165) is 6.07 Å². The molecular weight excluding hydrogens is 263 g/mol. The van der Waals surface area contributed by atoms with Crippen LogP contribution in [0, 0.1) is 0 Å². The van der Waals surface area contributed by atoms with Crippen molar-refractivity contribution in [3.63, 3.8) is 0 Å². The molecule has 1 aromatic heterocycles. The first kappa shape index (κ1) is 12.4. The molecule has 0 N–H and O–H groups in total. The second-order valence-corrected chi connectivity index (χ2v) is 5.44. The number of rotatable bonds is 3. The average molecular weight is 269 g/mol. The molecule has 1 rings (SSSR count). The van der Waals surface area contributed by atoms with Crippen molar-refractivity contribution in [1.29, 1.82) is 0 Å². The zero-order valence-corrected chi connectivity index (χ0v) is 9.90. The van der Waals surface area contributed by atoms with Gasteiger partial charge in [-0.05, 0) is 11.6 Å². The van der Waals surface area contributed by atoms with Crippen molar-refractivity contribution in [2.75, 3.05) is 5.75 Å². The number of hydrogen-bond acceptors (Lipinski definition) is 5. The molecule has 0 radical (unpaired) electrons. The van der Waals surface area contributed by atoms with Gasteiger partial charge in [-0.1, -0.05) is 18.5 Å². The van der Waals surface area contributed by atoms with Crippen LogP contribution in [0.2, 0.25) is 5.15 Å². The lowest BCUT2D eigenvalue weighted by molar-refractivity contribution is 0.107. The molecule has 5 nitrogen and oxygen atoms in total. The fourth-order valence-corrected chi connectivity index (χ4v) is 1.83. The van der Waals surface area contributed by atoms with Crippen LogP contribution < -0.4 is 0 Å². The summed E-state index contributed by atoms with van der Waals surface area (Å²) < 4.78 is 22.8. The minimum Gasteiger partial charge on any atom is -0.274 e. The molecule has 0 aliphatic rings. The van der Waals surface area contributed by atoms with Crippen LogP contribution in [-0.4, -0.2) is 29.4 Å². The van der Waals surface area contributed by atoms with Gasteiger partial charge in [-0.15, -0.1) is 0 Å². The lowest BCUT2D eigenvalue weighted by Crippen LogP contribution is -2.11. The molecule has 0 saturated carbocycles. The van der Waals surface area contributed by atoms with Crippen LogP contribution in [0.5, 0.6) is 0 Å². The average Bonchev–Trinajstić information content (AvgIpc) is 2.16. The van der Waals surface area contributed by atoms with Crippen LogP contribution in [0.4, 0.5) is 0 Å². The Labute approximate surface area is 96.4 Å². The highest BCUT2D eigenvalue weighted by Crippen LogP contribution is 2.13. The Morgan fingerprint density at radius 2 is 2.07 bits per heavy atom. The maximum Gasteiger partial charge on any atom is 0.271 e. The number of halogens is 2. The highest BCUT2D eigenvalue weighted by Gasteiger charge is 2.18. The maximum atomic E-state index is 11.4. The molecule has 0 spiro atoms. The summed E-state index contributed by atoms with van der Waals surface area (Å²) >= 11 is 10.7. The van der Waals surface area contributed by atoms with Gasteiger partial charge in [-0.3, -0.25) is 4.79 Å². The molecule has 1 heterocycles. The van der Waals surface area contributed by atoms with Gasteiger partial charge in [0.25, 0.3) is 5.24 Å². The summed E-state index contributed by atoms with van der Waals surface area (Å²) in [6.45, 7) is 1.43. The van der Waals surface area contributed by atoms with Gasteiger partial charge in [0.05, 0.1) is 5.75 Å². The van der Waals surface area contributed by atoms with Gasteiger partial charge in [0.2, 0.25) is 15.0 Å². The third-order valence-electron chi connectivity index (χ3n) is 1.53. The van der Waals surface area contributed by atoms with Crippen molar-refractivity contribution in [3.05, 3.63) is 16.9 Å². The van der Waals surface area contributed by atoms with E-state index in [1.807, 2.05) is 0 Å². The third kappa shape index (κ3) is 2.87. The van der Waals surface area contributed by atoms with Gasteiger partial charge in [0.15, 0.2) is 0 Å². The fourth-order valence-electron chi connectivity index (χ4n) is 0.766. The Morgan fingerprint density at radius 3 is 2.53 bits per heavy atom. The van der Waals surface area contributed by atoms with E-state index in [0.29, 0.717) is 0 Å². The quantitative estimate of drug-likeness (QED) is 0.469. The Bertz CT molecular complexity index is 501. The van der Waals surface area contributed by atoms with E-state index in [2.05, 4.69) is 9.97 Å². The van der Waals surface area contributed by atoms with Gasteiger partial charge in [0, 0.05) is 6.07 Å². The highest BCUT2D eigenvalue weighted by atomic mass is 35.5. The maximum absolute atomic E-state index is 11.4. The summed E-state index contributed by atoms with van der Waals surface area (Å²) in [7, 11) is -3.59. The van der Waals surface area contributed by atoms with Crippen molar-refractivity contribution in [2.24, 2.45) is 0 Å². The SMILES string of the molecule is CCS(=O)(=O)c1nc(Cl)cc(C(=O)Cl)n1. The van der Waals surface area contributed by atoms with Gasteiger partial charge in [-0.25, -0.2) is 18.4 Å². The van der Waals surface area contributed by atoms with Crippen LogP contribution in [-0.2, 0) is 9.84 Å². The lowest BCUT2D eigenvalue weighted by Gasteiger charge is -2.01. The predicted octanol–water partition coefficient (Wildman–Crippen LogP) is 1.30. The topological polar surface area (TPSA) is 77.0 Å². The van der Waals surface area contributed by atoms with Crippen molar-refractivity contribution in [3.8, 4) is 0 Å². The summed E-state index contributed by atoms with van der Waals surface area (Å²) in [4.78, 5) is 17.8. The molecule has 0 amide bonds. The molecule has 8 heteroatoms. The summed E-state index contributed by atoms with van der Waals surface area (Å²) in [5, 5.41) is -1.51. The van der Waals surface area contributed by atoms with Crippen LogP contribution in [0.1, 0.15) is 17.4 Å². The molecule has 0 aromatic carbocycles. The molecule has 0 bridgehead atoms. The van der Waals surface area contributed by atoms with E-state index in [-0.39, 0.29) is 16.6 Å². The minimum atomic E-state index is -3.59. The van der Waals surface area contributed by atoms with Gasteiger partial charge in [-0.2, -0.15) is 0 Å². The first-order valence-corrected chi connectivity index (χ1v) is 6.25. The number of sulfone groups is 1. The van der Waals surface area contributed by atoms with Crippen LogP contribution >= 0.6 is 23.2 Å². The third-order valence-corrected chi connectivity index (χ3v) is 3.42. The van der Waals surface area contributed by atoms with Crippen molar-refractivity contribution in [1.82, 2.24) is 9.97 Å². The standard InChI is InChI=1S/C7H6Cl2N2O3S/c1-2-15(13,14)7-10-4(6(9)12)3-5(8)11-7/h3H,2H2,1H3. The predicted molar refractivity (Wildman–Crippen MR) is 55.0 cm³/mol. The molecule has 0 fully saturated rings. The molecular formula is C7H6Cl2N2O3S. The molecule has 82 valence electrons. The second-order valence-electron chi connectivity index (χ2n) is 2.54. The van der Waals surface area contributed by atoms with Crippen molar-refractivity contribution >= 4 is 38.3 Å². The monoisotopic (exact) mass is 268 g/mol. The molecule has 0 atom stereocenters. The first-order valence-electron chi connectivity index (χ1n) is 3.84. The zero-order chi connectivity index (χ0) is 11.6. The van der Waals surface area contributed by atoms with Crippen LogP contribution in [0.3, 0.4) is 0 Å². The Hall–Kier alpha value is -0.720. The number of carbonyl (C=O) groups is 1. The molecule has 0 unspecified atom stereocenters. The number of carbonyl (C=O) groups excluding carboxylic acids is 1. The number of aromatic nitrogens is 2. The highest BCUT2D eigenvalue weighted by molar-refractivity contribution is 7.91. The molecule has 0 saturated heterocycles. The summed E-state index contributed by atoms with van der Waals surface area (Å²) in [5.74, 6) is -0.177. The van der Waals surface area contributed by atoms with Gasteiger partial charge >= 0.3 is 0 Å². The van der Waals surface area contributed by atoms with E-state index in [1.165, 1.54) is 6.92 Å². The van der Waals surface area contributed by atoms with E-state index < -0.39 is 20.2 Å². The fraction of sp³-hybridized carbons (Fsp3) is 0.286. The molecule has 1 aromatic rings. The normalized spacial score (nSPS) is 11.4. The molecule has 0 aliphatic heterocycles. The van der Waals surface area contributed by atoms with E-state index >= 15 is 0 Å². The lowest BCUT2D eigenvalue weighted by atomic mass is 10.4. The van der Waals surface area contributed by atoms with Crippen LogP contribution in [0.15, 0.2) is 11.2 Å². The Kier molecular flexibility index (Phi) is 3.64. The summed E-state index contributed by atoms with van der Waals surface area (Å²) in [6, 6.07) is 1.10. The summed E-state index contributed by atoms with van der Waals surface area (Å²) in [6.07, 6.45) is 0. The zero-order valence-electron chi connectivity index (χ0n) is 7.57. The first-order chi connectivity index (χ1) is 6.86. The summed E-state index contributed by atoms with van der Waals surface area (Å²) in [5.41, 5.74) is -0.233. The van der Waals surface area contributed by atoms with Crippen molar-refractivity contribution < 1.29 is 13.2 Å². The molecule has 15 heavy (non-hydrogen) atoms. The largest absolute Gasteiger partial charge is 0.274 e. The second kappa shape index (κ2) is 4.42. The Balaban J connectivity index is 3.40. The number of hydrogen-bond donors (Lipinski definition) is 0. The molecule has 0 aliphatic carbocycles. The minimum absolute atomic E-state index is 0.138. The van der Waals surface area contributed by atoms with Gasteiger partial charge in [0.1, 0.15) is 10.8 Å². The van der Waals surface area contributed by atoms with Crippen LogP contribution in [0.25, 0.3) is 0 Å². The Morgan fingerprint density at radius 1 is 1.47 bits per heavy atom. The smallest absolute Gasteiger partial charge is 0.271 e. The number of nitrogens with zero attached hydrogens (tertiary/aromatic N) is 2. The van der Waals surface area contributed by atoms with E-state index in [4.69, 9.17) is 23.2 Å².